The van der Waals surface area contributed by atoms with Crippen LogP contribution in [0, 0.1) is 18.3 Å². The van der Waals surface area contributed by atoms with E-state index in [9.17, 15) is 14.9 Å². The van der Waals surface area contributed by atoms with Gasteiger partial charge in [-0.1, -0.05) is 42.0 Å². The summed E-state index contributed by atoms with van der Waals surface area (Å²) in [5.74, 6) is -0.489. The van der Waals surface area contributed by atoms with E-state index in [0.717, 1.165) is 5.56 Å². The van der Waals surface area contributed by atoms with Crippen molar-refractivity contribution in [1.82, 2.24) is 0 Å². The normalized spacial score (nSPS) is 12.0. The van der Waals surface area contributed by atoms with Gasteiger partial charge in [-0.3, -0.25) is 4.79 Å². The van der Waals surface area contributed by atoms with Crippen molar-refractivity contribution in [2.24, 2.45) is 0 Å². The van der Waals surface area contributed by atoms with Crippen LogP contribution in [0.5, 0.6) is 5.75 Å². The van der Waals surface area contributed by atoms with Gasteiger partial charge in [0.1, 0.15) is 17.4 Å². The summed E-state index contributed by atoms with van der Waals surface area (Å²) in [7, 11) is 1.55. The molecule has 5 nitrogen and oxygen atoms in total. The van der Waals surface area contributed by atoms with Gasteiger partial charge >= 0.3 is 5.97 Å². The van der Waals surface area contributed by atoms with Crippen LogP contribution < -0.4 is 4.74 Å². The number of nitriles is 1. The molecule has 0 aromatic heterocycles. The number of rotatable bonds is 6. The van der Waals surface area contributed by atoms with Gasteiger partial charge in [0.2, 0.25) is 5.78 Å². The molecule has 0 heterocycles. The van der Waals surface area contributed by atoms with Crippen molar-refractivity contribution in [3.05, 3.63) is 70.8 Å². The van der Waals surface area contributed by atoms with Crippen LogP contribution in [-0.4, -0.2) is 25.0 Å². The van der Waals surface area contributed by atoms with Gasteiger partial charge in [-0.05, 0) is 37.6 Å². The summed E-state index contributed by atoms with van der Waals surface area (Å²) in [5.41, 5.74) is 1.95. The highest BCUT2D eigenvalue weighted by Crippen LogP contribution is 2.15. The van der Waals surface area contributed by atoms with Crippen LogP contribution in [-0.2, 0) is 9.53 Å². The molecule has 0 aliphatic carbocycles. The maximum Gasteiger partial charge on any atom is 0.349 e. The van der Waals surface area contributed by atoms with Gasteiger partial charge in [-0.25, -0.2) is 4.79 Å². The quantitative estimate of drug-likeness (QED) is 0.344. The first-order valence-electron chi connectivity index (χ1n) is 8.02. The summed E-state index contributed by atoms with van der Waals surface area (Å²) in [5, 5.41) is 9.23. The molecule has 0 bridgehead atoms. The van der Waals surface area contributed by atoms with E-state index in [2.05, 4.69) is 0 Å². The zero-order valence-corrected chi connectivity index (χ0v) is 14.9. The lowest BCUT2D eigenvalue weighted by Gasteiger charge is -2.12. The number of ketones is 1. The molecule has 0 aliphatic heterocycles. The SMILES string of the molecule is COc1ccc(/C=C(\C#N)C(=O)O[C@H](C)C(=O)c2ccc(C)cc2)cc1. The second kappa shape index (κ2) is 8.63. The van der Waals surface area contributed by atoms with E-state index in [1.54, 1.807) is 43.5 Å². The minimum absolute atomic E-state index is 0.182. The molecule has 0 spiro atoms. The maximum absolute atomic E-state index is 12.3. The molecule has 0 fully saturated rings. The number of esters is 1. The summed E-state index contributed by atoms with van der Waals surface area (Å²) in [6, 6.07) is 15.7. The summed E-state index contributed by atoms with van der Waals surface area (Å²) in [4.78, 5) is 24.5. The van der Waals surface area contributed by atoms with Gasteiger partial charge in [0.25, 0.3) is 0 Å². The van der Waals surface area contributed by atoms with Gasteiger partial charge in [0.15, 0.2) is 6.10 Å². The number of hydrogen-bond acceptors (Lipinski definition) is 5. The Morgan fingerprint density at radius 1 is 1.08 bits per heavy atom. The predicted molar refractivity (Wildman–Crippen MR) is 97.6 cm³/mol. The fourth-order valence-corrected chi connectivity index (χ4v) is 2.23. The minimum atomic E-state index is -0.988. The summed E-state index contributed by atoms with van der Waals surface area (Å²) in [6.07, 6.45) is 0.419. The van der Waals surface area contributed by atoms with E-state index in [0.29, 0.717) is 16.9 Å². The number of carbonyl (C=O) groups excluding carboxylic acids is 2. The van der Waals surface area contributed by atoms with E-state index in [1.807, 2.05) is 25.1 Å². The number of carbonyl (C=O) groups is 2. The van der Waals surface area contributed by atoms with Gasteiger partial charge in [-0.15, -0.1) is 0 Å². The summed E-state index contributed by atoms with van der Waals surface area (Å²) < 4.78 is 10.2. The lowest BCUT2D eigenvalue weighted by atomic mass is 10.1. The van der Waals surface area contributed by atoms with Gasteiger partial charge in [0.05, 0.1) is 7.11 Å². The molecule has 132 valence electrons. The molecule has 2 rings (SSSR count). The Morgan fingerprint density at radius 3 is 2.23 bits per heavy atom. The van der Waals surface area contributed by atoms with Crippen LogP contribution in [0.2, 0.25) is 0 Å². The summed E-state index contributed by atoms with van der Waals surface area (Å²) in [6.45, 7) is 3.41. The molecule has 26 heavy (non-hydrogen) atoms. The van der Waals surface area contributed by atoms with Crippen LogP contribution in [0.4, 0.5) is 0 Å². The average molecular weight is 349 g/mol. The molecule has 0 saturated heterocycles. The Morgan fingerprint density at radius 2 is 1.69 bits per heavy atom. The first-order valence-corrected chi connectivity index (χ1v) is 8.02. The third kappa shape index (κ3) is 4.81. The molecule has 0 unspecified atom stereocenters. The highest BCUT2D eigenvalue weighted by atomic mass is 16.5. The molecule has 0 saturated carbocycles. The maximum atomic E-state index is 12.3. The van der Waals surface area contributed by atoms with E-state index in [4.69, 9.17) is 9.47 Å². The Hall–Kier alpha value is -3.39. The number of nitrogens with zero attached hydrogens (tertiary/aromatic N) is 1. The molecule has 5 heteroatoms. The highest BCUT2D eigenvalue weighted by molar-refractivity contribution is 6.03. The number of hydrogen-bond donors (Lipinski definition) is 0. The van der Waals surface area contributed by atoms with Crippen molar-refractivity contribution in [2.75, 3.05) is 7.11 Å². The van der Waals surface area contributed by atoms with E-state index in [-0.39, 0.29) is 11.4 Å². The van der Waals surface area contributed by atoms with E-state index >= 15 is 0 Å². The smallest absolute Gasteiger partial charge is 0.349 e. The number of ether oxygens (including phenoxy) is 2. The number of methoxy groups -OCH3 is 1. The van der Waals surface area contributed by atoms with Crippen LogP contribution in [0.3, 0.4) is 0 Å². The van der Waals surface area contributed by atoms with Crippen LogP contribution in [0.1, 0.15) is 28.4 Å². The first-order chi connectivity index (χ1) is 12.4. The lowest BCUT2D eigenvalue weighted by Crippen LogP contribution is -2.25. The molecule has 2 aromatic carbocycles. The topological polar surface area (TPSA) is 76.4 Å². The van der Waals surface area contributed by atoms with Crippen LogP contribution >= 0.6 is 0 Å². The van der Waals surface area contributed by atoms with Crippen LogP contribution in [0.25, 0.3) is 6.08 Å². The largest absolute Gasteiger partial charge is 0.497 e. The van der Waals surface area contributed by atoms with E-state index < -0.39 is 12.1 Å². The second-order valence-electron chi connectivity index (χ2n) is 5.72. The number of Topliss-reactive ketones (excluding diaryl/α,β-unsaturated/α-hetero) is 1. The monoisotopic (exact) mass is 349 g/mol. The standard InChI is InChI=1S/C21H19NO4/c1-14-4-8-17(9-5-14)20(23)15(2)26-21(24)18(13-22)12-16-6-10-19(25-3)11-7-16/h4-12,15H,1-3H3/b18-12+/t15-/m1/s1. The Labute approximate surface area is 152 Å². The molecule has 2 aromatic rings. The van der Waals surface area contributed by atoms with Crippen molar-refractivity contribution < 1.29 is 19.1 Å². The van der Waals surface area contributed by atoms with Crippen molar-refractivity contribution >= 4 is 17.8 Å². The molecule has 0 aliphatic rings. The average Bonchev–Trinajstić information content (AvgIpc) is 2.66. The second-order valence-corrected chi connectivity index (χ2v) is 5.72. The fourth-order valence-electron chi connectivity index (χ4n) is 2.23. The number of aryl methyl sites for hydroxylation is 1. The summed E-state index contributed by atoms with van der Waals surface area (Å²) >= 11 is 0. The van der Waals surface area contributed by atoms with Crippen molar-refractivity contribution in [2.45, 2.75) is 20.0 Å². The zero-order valence-electron chi connectivity index (χ0n) is 14.9. The van der Waals surface area contributed by atoms with Gasteiger partial charge in [-0.2, -0.15) is 5.26 Å². The Balaban J connectivity index is 2.10. The Kier molecular flexibility index (Phi) is 6.29. The highest BCUT2D eigenvalue weighted by Gasteiger charge is 2.21. The van der Waals surface area contributed by atoms with E-state index in [1.165, 1.54) is 13.0 Å². The van der Waals surface area contributed by atoms with Crippen molar-refractivity contribution in [3.8, 4) is 11.8 Å². The predicted octanol–water partition coefficient (Wildman–Crippen LogP) is 3.73. The Bertz CT molecular complexity index is 858. The zero-order chi connectivity index (χ0) is 19.1. The lowest BCUT2D eigenvalue weighted by molar-refractivity contribution is -0.141. The first kappa shape index (κ1) is 18.9. The molecule has 0 amide bonds. The minimum Gasteiger partial charge on any atom is -0.497 e. The van der Waals surface area contributed by atoms with Crippen molar-refractivity contribution in [1.29, 1.82) is 5.26 Å². The van der Waals surface area contributed by atoms with Crippen LogP contribution in [0.15, 0.2) is 54.1 Å². The number of benzene rings is 2. The van der Waals surface area contributed by atoms with Gasteiger partial charge < -0.3 is 9.47 Å². The molecule has 1 atom stereocenters. The fraction of sp³-hybridized carbons (Fsp3) is 0.190. The molecule has 0 radical (unpaired) electrons. The molecule has 0 N–H and O–H groups in total. The third-order valence-corrected chi connectivity index (χ3v) is 3.76. The van der Waals surface area contributed by atoms with Crippen molar-refractivity contribution in [3.63, 3.8) is 0 Å². The molecular weight excluding hydrogens is 330 g/mol. The third-order valence-electron chi connectivity index (χ3n) is 3.76. The van der Waals surface area contributed by atoms with Gasteiger partial charge in [0, 0.05) is 5.56 Å². The molecular formula is C21H19NO4.